The average molecular weight is 864 g/mol. The molecule has 0 bridgehead atoms. The number of imidazole rings is 2. The Hall–Kier alpha value is -7.95. The van der Waals surface area contributed by atoms with Crippen LogP contribution in [0.25, 0.3) is 11.3 Å². The minimum Gasteiger partial charge on any atom is -0.744 e. The van der Waals surface area contributed by atoms with E-state index in [4.69, 9.17) is 9.47 Å². The number of ether oxygens (including phenoxy) is 2. The van der Waals surface area contributed by atoms with Crippen LogP contribution in [0.15, 0.2) is 173 Å². The van der Waals surface area contributed by atoms with Crippen LogP contribution < -0.4 is 29.1 Å². The van der Waals surface area contributed by atoms with Crippen LogP contribution in [0.3, 0.4) is 0 Å². The summed E-state index contributed by atoms with van der Waals surface area (Å²) in [6.45, 7) is 2.67. The summed E-state index contributed by atoms with van der Waals surface area (Å²) in [4.78, 5) is 25.1. The molecule has 8 rings (SSSR count). The Morgan fingerprint density at radius 3 is 1.41 bits per heavy atom. The molecule has 15 nitrogen and oxygen atoms in total. The van der Waals surface area contributed by atoms with Gasteiger partial charge in [-0.05, 0) is 115 Å². The molecule has 0 spiro atoms. The van der Waals surface area contributed by atoms with Gasteiger partial charge in [0.25, 0.3) is 23.1 Å². The van der Waals surface area contributed by atoms with Crippen LogP contribution in [0.1, 0.15) is 48.8 Å². The van der Waals surface area contributed by atoms with E-state index in [1.165, 1.54) is 12.1 Å². The fraction of sp³-hybridized carbons (Fsp3) is 0.106. The van der Waals surface area contributed by atoms with Gasteiger partial charge in [-0.25, -0.2) is 37.2 Å². The monoisotopic (exact) mass is 863 g/mol. The number of hydrogen-bond donors (Lipinski definition) is 2. The Labute approximate surface area is 363 Å². The Bertz CT molecular complexity index is 2860. The number of carbonyl (C=O) groups excluding carboxylic acids is 2. The largest absolute Gasteiger partial charge is 0.744 e. The summed E-state index contributed by atoms with van der Waals surface area (Å²) in [6.07, 6.45) is 11.2. The van der Waals surface area contributed by atoms with Crippen molar-refractivity contribution in [1.29, 1.82) is 0 Å². The van der Waals surface area contributed by atoms with Gasteiger partial charge in [-0.1, -0.05) is 29.8 Å². The van der Waals surface area contributed by atoms with Crippen LogP contribution in [0, 0.1) is 6.92 Å². The second-order valence-electron chi connectivity index (χ2n) is 14.2. The van der Waals surface area contributed by atoms with Gasteiger partial charge in [-0.3, -0.25) is 9.59 Å². The molecule has 0 fully saturated rings. The zero-order valence-electron chi connectivity index (χ0n) is 34.5. The van der Waals surface area contributed by atoms with Gasteiger partial charge in [0.05, 0.1) is 43.8 Å². The van der Waals surface area contributed by atoms with Gasteiger partial charge in [-0.2, -0.15) is 10.2 Å². The number of carbonyl (C=O) groups is 2. The number of amides is 2. The Morgan fingerprint density at radius 2 is 1.03 bits per heavy atom. The van der Waals surface area contributed by atoms with Gasteiger partial charge in [0.1, 0.15) is 34.0 Å². The molecule has 318 valence electrons. The lowest BCUT2D eigenvalue weighted by molar-refractivity contribution is -0.511. The van der Waals surface area contributed by atoms with Gasteiger partial charge in [0, 0.05) is 23.3 Å². The molecule has 0 aliphatic carbocycles. The number of hydrazone groups is 2. The van der Waals surface area contributed by atoms with Crippen LogP contribution in [0.5, 0.6) is 11.5 Å². The fourth-order valence-electron chi connectivity index (χ4n) is 6.29. The van der Waals surface area contributed by atoms with Crippen molar-refractivity contribution < 1.29 is 40.8 Å². The highest BCUT2D eigenvalue weighted by molar-refractivity contribution is 7.85. The first-order valence-electron chi connectivity index (χ1n) is 19.6. The second-order valence-corrected chi connectivity index (χ2v) is 15.6. The molecule has 2 N–H and O–H groups in total. The molecule has 4 aromatic carbocycles. The van der Waals surface area contributed by atoms with Crippen molar-refractivity contribution in [2.45, 2.75) is 25.0 Å². The van der Waals surface area contributed by atoms with Crippen LogP contribution in [-0.4, -0.2) is 46.3 Å². The number of hydrogen-bond acceptors (Lipinski definition) is 9. The quantitative estimate of drug-likeness (QED) is 0.0673. The van der Waals surface area contributed by atoms with E-state index in [9.17, 15) is 22.6 Å². The summed E-state index contributed by atoms with van der Waals surface area (Å²) >= 11 is 0. The van der Waals surface area contributed by atoms with E-state index in [0.717, 1.165) is 50.9 Å². The van der Waals surface area contributed by atoms with Gasteiger partial charge in [-0.15, -0.1) is 0 Å². The number of nitrogens with zero attached hydrogens (tertiary/aromatic N) is 6. The first-order chi connectivity index (χ1) is 30.4. The van der Waals surface area contributed by atoms with Gasteiger partial charge < -0.3 is 14.0 Å². The predicted molar refractivity (Wildman–Crippen MR) is 234 cm³/mol. The molecule has 0 unspecified atom stereocenters. The standard InChI is InChI=1S/C40H34N8O4.C7H8O3S/c1-45-33(25-47-21-5-3-7-37(45)47)27-51-35-17-9-29(10-18-35)23-41-43-39(49)31-13-15-32(16-14-31)40(50)44-42-24-30-11-19-36(20-12-30)52-28-34-26-48-22-6-4-8-38(48)46(34)2;1-6-2-4-7(5-3-6)11(8,9)10/h3-26H,27-28H2,1-2H3;2-5H,1H3,(H,8,9,10)/p+1/b41-23+,42-24+;. The molecule has 0 saturated carbocycles. The average Bonchev–Trinajstić information content (AvgIpc) is 3.80. The van der Waals surface area contributed by atoms with E-state index in [2.05, 4.69) is 51.1 Å². The van der Waals surface area contributed by atoms with Crippen molar-refractivity contribution in [3.63, 3.8) is 0 Å². The zero-order valence-corrected chi connectivity index (χ0v) is 35.3. The predicted octanol–water partition coefficient (Wildman–Crippen LogP) is 5.43. The highest BCUT2D eigenvalue weighted by Crippen LogP contribution is 2.16. The van der Waals surface area contributed by atoms with E-state index >= 15 is 0 Å². The Morgan fingerprint density at radius 1 is 0.619 bits per heavy atom. The molecule has 0 radical (unpaired) electrons. The lowest BCUT2D eigenvalue weighted by Crippen LogP contribution is -2.19. The van der Waals surface area contributed by atoms with Crippen LogP contribution in [-0.2, 0) is 37.4 Å². The third-order valence-corrected chi connectivity index (χ3v) is 10.7. The second kappa shape index (κ2) is 19.6. The zero-order chi connectivity index (χ0) is 44.3. The highest BCUT2D eigenvalue weighted by Gasteiger charge is 2.15. The molecule has 4 aromatic heterocycles. The third kappa shape index (κ3) is 11.3. The minimum atomic E-state index is -4.27. The first-order valence-corrected chi connectivity index (χ1v) is 21.0. The maximum Gasteiger partial charge on any atom is 0.286 e. The maximum absolute atomic E-state index is 12.6. The topological polar surface area (TPSA) is 177 Å². The number of rotatable bonds is 13. The van der Waals surface area contributed by atoms with E-state index in [1.54, 1.807) is 48.8 Å². The number of benzene rings is 4. The van der Waals surface area contributed by atoms with Crippen molar-refractivity contribution in [3.05, 3.63) is 197 Å². The summed E-state index contributed by atoms with van der Waals surface area (Å²) in [7, 11) is -0.249. The van der Waals surface area contributed by atoms with Gasteiger partial charge >= 0.3 is 0 Å². The third-order valence-electron chi connectivity index (χ3n) is 9.87. The molecule has 16 heteroatoms. The molecule has 0 aliphatic rings. The molecule has 8 aromatic rings. The summed E-state index contributed by atoms with van der Waals surface area (Å²) in [5.74, 6) is 0.632. The number of nitrogens with one attached hydrogen (secondary N) is 2. The number of fused-ring (bicyclic) bond motifs is 2. The van der Waals surface area contributed by atoms with Crippen molar-refractivity contribution >= 4 is 45.7 Å². The lowest BCUT2D eigenvalue weighted by atomic mass is 10.1. The highest BCUT2D eigenvalue weighted by atomic mass is 32.2. The maximum atomic E-state index is 12.6. The minimum absolute atomic E-state index is 0.178. The Kier molecular flexibility index (Phi) is 13.4. The number of aromatic nitrogens is 4. The van der Waals surface area contributed by atoms with Crippen LogP contribution in [0.4, 0.5) is 0 Å². The molecule has 0 saturated heterocycles. The van der Waals surface area contributed by atoms with Crippen molar-refractivity contribution in [2.75, 3.05) is 0 Å². The molecule has 2 amide bonds. The van der Waals surface area contributed by atoms with E-state index in [-0.39, 0.29) is 4.90 Å². The normalized spacial score (nSPS) is 11.4. The van der Waals surface area contributed by atoms with Crippen molar-refractivity contribution in [3.8, 4) is 11.5 Å². The molecule has 4 heterocycles. The van der Waals surface area contributed by atoms with Crippen molar-refractivity contribution in [1.82, 2.24) is 20.0 Å². The molecule has 0 atom stereocenters. The summed E-state index contributed by atoms with van der Waals surface area (Å²) in [5, 5.41) is 8.13. The smallest absolute Gasteiger partial charge is 0.286 e. The summed E-state index contributed by atoms with van der Waals surface area (Å²) < 4.78 is 51.4. The van der Waals surface area contributed by atoms with Gasteiger partial charge in [0.15, 0.2) is 24.6 Å². The lowest BCUT2D eigenvalue weighted by Gasteiger charge is -2.05. The van der Waals surface area contributed by atoms with Crippen molar-refractivity contribution in [2.24, 2.45) is 24.3 Å². The molecule has 63 heavy (non-hydrogen) atoms. The van der Waals surface area contributed by atoms with E-state index < -0.39 is 21.9 Å². The summed E-state index contributed by atoms with van der Waals surface area (Å²) in [6, 6.07) is 38.9. The SMILES string of the molecule is Cc1ccc(S(=O)(=O)[O-])cc1.Cn1c(COc2ccc(/C=N/NC(=O)c3ccc(C(=O)N/N=C/c4ccc(OCc5c[n+]6ccccc6n5C)cc4)cc3)cc2)c[n+]2ccccc12. The molecule has 0 aliphatic heterocycles. The van der Waals surface area contributed by atoms with Gasteiger partial charge in [0.2, 0.25) is 0 Å². The summed E-state index contributed by atoms with van der Waals surface area (Å²) in [5.41, 5.74) is 12.5. The fourth-order valence-corrected chi connectivity index (χ4v) is 6.76. The van der Waals surface area contributed by atoms with Crippen LogP contribution >= 0.6 is 0 Å². The number of aryl methyl sites for hydroxylation is 3. The Balaban J connectivity index is 0.000000473. The first kappa shape index (κ1) is 43.1. The number of pyridine rings is 2. The molecular formula is C47H43N8O7S+. The van der Waals surface area contributed by atoms with E-state index in [1.807, 2.05) is 119 Å². The molecular weight excluding hydrogens is 821 g/mol. The van der Waals surface area contributed by atoms with Crippen LogP contribution in [0.2, 0.25) is 0 Å². The van der Waals surface area contributed by atoms with E-state index in [0.29, 0.717) is 24.3 Å².